The van der Waals surface area contributed by atoms with E-state index < -0.39 is 49.5 Å². The Morgan fingerprint density at radius 1 is 0.412 bits per heavy atom. The lowest BCUT2D eigenvalue weighted by atomic mass is 9.99. The molecule has 0 aromatic heterocycles. The lowest BCUT2D eigenvalue weighted by Crippen LogP contribution is -2.60. The summed E-state index contributed by atoms with van der Waals surface area (Å²) in [5.74, 6) is -0.216. The van der Waals surface area contributed by atoms with Crippen molar-refractivity contribution in [1.29, 1.82) is 0 Å². The number of aliphatic hydroxyl groups is 5. The van der Waals surface area contributed by atoms with Gasteiger partial charge < -0.3 is 40.3 Å². The molecule has 0 saturated carbocycles. The molecule has 0 spiro atoms. The summed E-state index contributed by atoms with van der Waals surface area (Å²) in [6, 6.07) is -0.853. The van der Waals surface area contributed by atoms with Gasteiger partial charge in [0.1, 0.15) is 24.4 Å². The van der Waals surface area contributed by atoms with Gasteiger partial charge in [-0.05, 0) is 128 Å². The average molecular weight is 1180 g/mol. The molecule has 0 aromatic carbocycles. The minimum Gasteiger partial charge on any atom is -0.394 e. The van der Waals surface area contributed by atoms with Crippen molar-refractivity contribution in [2.45, 2.75) is 288 Å². The molecule has 1 fully saturated rings. The molecule has 0 aromatic rings. The predicted octanol–water partition coefficient (Wildman–Crippen LogP) is 18.5. The smallest absolute Gasteiger partial charge is 0.220 e. The summed E-state index contributed by atoms with van der Waals surface area (Å²) in [5.41, 5.74) is 0. The van der Waals surface area contributed by atoms with Crippen LogP contribution in [0.4, 0.5) is 0 Å². The van der Waals surface area contributed by atoms with E-state index in [1.54, 1.807) is 6.08 Å². The standard InChI is InChI=1S/C76H123NO8/c1-3-5-7-9-11-13-15-17-19-21-23-25-27-28-29-30-31-32-33-34-35-36-37-38-39-40-41-42-44-46-48-50-52-54-56-58-60-62-64-66-72(80)77-69(68-84-76-75(83)74(82)73(81)71(67-78)85-76)70(79)65-63-61-59-57-55-53-51-49-47-45-43-26-24-22-20-18-16-14-12-10-8-6-4-2/h5,7,11,13,17,19,23,25,28-29,31-32,34-35,37-38,40-41,44,46-47,49-50,52,55,57,63,65,69-71,73-76,78-79,81-83H,3-4,6,8-10,12,14-16,18,20-22,24,26-27,30,33,36,39,42-43,45,48,51,53-54,56,58-62,64,66-68H2,1-2H3,(H,77,80)/b7-5-,13-11-,19-17-,25-23-,29-28-,32-31-,35-34-,38-37-,41-40-,46-44-,49-47+,52-50-,57-55+,65-63+. The number of amides is 1. The third kappa shape index (κ3) is 51.3. The van der Waals surface area contributed by atoms with Crippen LogP contribution in [0.3, 0.4) is 0 Å². The fourth-order valence-corrected chi connectivity index (χ4v) is 9.49. The molecule has 1 amide bonds. The maximum absolute atomic E-state index is 13.1. The van der Waals surface area contributed by atoms with Crippen molar-refractivity contribution in [3.05, 3.63) is 170 Å². The van der Waals surface area contributed by atoms with E-state index in [1.165, 1.54) is 83.5 Å². The Bertz CT molecular complexity index is 1950. The van der Waals surface area contributed by atoms with Gasteiger partial charge in [-0.25, -0.2) is 0 Å². The number of unbranched alkanes of at least 4 members (excludes halogenated alkanes) is 20. The van der Waals surface area contributed by atoms with Gasteiger partial charge >= 0.3 is 0 Å². The lowest BCUT2D eigenvalue weighted by Gasteiger charge is -2.40. The molecule has 1 rings (SSSR count). The van der Waals surface area contributed by atoms with Crippen LogP contribution in [-0.2, 0) is 14.3 Å². The molecule has 480 valence electrons. The molecular formula is C76H123NO8. The molecule has 9 nitrogen and oxygen atoms in total. The zero-order valence-electron chi connectivity index (χ0n) is 53.5. The number of ether oxygens (including phenoxy) is 2. The minimum atomic E-state index is -1.59. The van der Waals surface area contributed by atoms with E-state index in [1.807, 2.05) is 6.08 Å². The van der Waals surface area contributed by atoms with Crippen molar-refractivity contribution in [2.75, 3.05) is 13.2 Å². The number of hydrogen-bond acceptors (Lipinski definition) is 8. The van der Waals surface area contributed by atoms with E-state index in [-0.39, 0.29) is 12.5 Å². The Labute approximate surface area is 519 Å². The summed E-state index contributed by atoms with van der Waals surface area (Å²) < 4.78 is 11.3. The molecular weight excluding hydrogens is 1050 g/mol. The van der Waals surface area contributed by atoms with Gasteiger partial charge in [0.25, 0.3) is 0 Å². The fourth-order valence-electron chi connectivity index (χ4n) is 9.49. The number of carbonyl (C=O) groups is 1. The van der Waals surface area contributed by atoms with Gasteiger partial charge in [0, 0.05) is 6.42 Å². The van der Waals surface area contributed by atoms with Crippen molar-refractivity contribution >= 4 is 5.91 Å². The molecule has 0 radical (unpaired) electrons. The van der Waals surface area contributed by atoms with Crippen LogP contribution < -0.4 is 5.32 Å². The van der Waals surface area contributed by atoms with Crippen LogP contribution in [0.15, 0.2) is 170 Å². The molecule has 1 heterocycles. The largest absolute Gasteiger partial charge is 0.394 e. The third-order valence-electron chi connectivity index (χ3n) is 14.8. The average Bonchev–Trinajstić information content (AvgIpc) is 3.66. The quantitative estimate of drug-likeness (QED) is 0.0261. The van der Waals surface area contributed by atoms with Crippen LogP contribution in [-0.4, -0.2) is 87.5 Å². The first-order valence-corrected chi connectivity index (χ1v) is 33.9. The van der Waals surface area contributed by atoms with E-state index in [2.05, 4.69) is 177 Å². The van der Waals surface area contributed by atoms with E-state index in [4.69, 9.17) is 9.47 Å². The second-order valence-electron chi connectivity index (χ2n) is 22.5. The van der Waals surface area contributed by atoms with Crippen LogP contribution in [0.25, 0.3) is 0 Å². The Morgan fingerprint density at radius 3 is 1.13 bits per heavy atom. The van der Waals surface area contributed by atoms with Crippen LogP contribution in [0.5, 0.6) is 0 Å². The van der Waals surface area contributed by atoms with E-state index in [0.29, 0.717) is 19.3 Å². The molecule has 1 aliphatic rings. The van der Waals surface area contributed by atoms with E-state index >= 15 is 0 Å². The maximum atomic E-state index is 13.1. The number of allylic oxidation sites excluding steroid dienone is 27. The lowest BCUT2D eigenvalue weighted by molar-refractivity contribution is -0.302. The van der Waals surface area contributed by atoms with Crippen LogP contribution >= 0.6 is 0 Å². The zero-order valence-corrected chi connectivity index (χ0v) is 53.5. The van der Waals surface area contributed by atoms with Gasteiger partial charge in [-0.1, -0.05) is 280 Å². The van der Waals surface area contributed by atoms with E-state index in [9.17, 15) is 30.3 Å². The summed E-state index contributed by atoms with van der Waals surface area (Å²) >= 11 is 0. The molecule has 7 unspecified atom stereocenters. The van der Waals surface area contributed by atoms with Gasteiger partial charge in [-0.15, -0.1) is 0 Å². The van der Waals surface area contributed by atoms with Gasteiger partial charge in [-0.3, -0.25) is 4.79 Å². The molecule has 7 atom stereocenters. The first-order valence-electron chi connectivity index (χ1n) is 33.9. The summed E-state index contributed by atoms with van der Waals surface area (Å²) in [4.78, 5) is 13.1. The van der Waals surface area contributed by atoms with Gasteiger partial charge in [0.2, 0.25) is 5.91 Å². The summed E-state index contributed by atoms with van der Waals surface area (Å²) in [5, 5.41) is 54.6. The van der Waals surface area contributed by atoms with Crippen LogP contribution in [0, 0.1) is 0 Å². The highest BCUT2D eigenvalue weighted by Gasteiger charge is 2.44. The normalized spacial score (nSPS) is 19.3. The highest BCUT2D eigenvalue weighted by molar-refractivity contribution is 5.76. The second kappa shape index (κ2) is 62.6. The van der Waals surface area contributed by atoms with Crippen LogP contribution in [0.2, 0.25) is 0 Å². The van der Waals surface area contributed by atoms with Crippen molar-refractivity contribution in [3.63, 3.8) is 0 Å². The molecule has 1 aliphatic heterocycles. The van der Waals surface area contributed by atoms with Crippen molar-refractivity contribution in [1.82, 2.24) is 5.32 Å². The van der Waals surface area contributed by atoms with Gasteiger partial charge in [0.15, 0.2) is 6.29 Å². The number of nitrogens with one attached hydrogen (secondary N) is 1. The zero-order chi connectivity index (χ0) is 61.4. The Morgan fingerprint density at radius 2 is 0.741 bits per heavy atom. The molecule has 6 N–H and O–H groups in total. The van der Waals surface area contributed by atoms with Crippen LogP contribution in [0.1, 0.15) is 245 Å². The van der Waals surface area contributed by atoms with Crippen molar-refractivity contribution < 1.29 is 39.8 Å². The first kappa shape index (κ1) is 78.6. The third-order valence-corrected chi connectivity index (χ3v) is 14.8. The van der Waals surface area contributed by atoms with Crippen molar-refractivity contribution in [3.8, 4) is 0 Å². The molecule has 1 saturated heterocycles. The maximum Gasteiger partial charge on any atom is 0.220 e. The first-order chi connectivity index (χ1) is 41.8. The van der Waals surface area contributed by atoms with E-state index in [0.717, 1.165) is 128 Å². The fraction of sp³-hybridized carbons (Fsp3) is 0.618. The second-order valence-corrected chi connectivity index (χ2v) is 22.5. The number of aliphatic hydroxyl groups excluding tert-OH is 5. The Balaban J connectivity index is 2.23. The van der Waals surface area contributed by atoms with Gasteiger partial charge in [0.05, 0.1) is 25.4 Å². The highest BCUT2D eigenvalue weighted by atomic mass is 16.7. The monoisotopic (exact) mass is 1180 g/mol. The molecule has 85 heavy (non-hydrogen) atoms. The minimum absolute atomic E-state index is 0.216. The SMILES string of the molecule is CC/C=C\C/C=C\C/C=C\C/C=C\C/C=C\C/C=C\C/C=C\C/C=C\C/C=C\C/C=C\C/C=C\CCCCCCCC(=O)NC(COC1OC(CO)C(O)C(O)C1O)C(O)/C=C/CC/C=C/CC/C=C/CCCCCCCCCCCCCCC. The summed E-state index contributed by atoms with van der Waals surface area (Å²) in [6.45, 7) is 3.63. The Hall–Kier alpha value is -4.45. The molecule has 0 bridgehead atoms. The number of hydrogen-bond donors (Lipinski definition) is 6. The highest BCUT2D eigenvalue weighted by Crippen LogP contribution is 2.23. The summed E-state index contributed by atoms with van der Waals surface area (Å²) in [6.07, 6.45) is 92.9. The number of carbonyl (C=O) groups excluding carboxylic acids is 1. The van der Waals surface area contributed by atoms with Crippen molar-refractivity contribution in [2.24, 2.45) is 0 Å². The molecule has 9 heteroatoms. The molecule has 0 aliphatic carbocycles. The summed E-state index contributed by atoms with van der Waals surface area (Å²) in [7, 11) is 0. The number of rotatable bonds is 56. The predicted molar refractivity (Wildman–Crippen MR) is 363 cm³/mol. The Kier molecular flexibility index (Phi) is 57.9. The topological polar surface area (TPSA) is 149 Å². The van der Waals surface area contributed by atoms with Gasteiger partial charge in [-0.2, -0.15) is 0 Å².